The number of aliphatic carboxylic acids is 2. The molecule has 136 valence electrons. The SMILES string of the molecule is CC(CCC(CCCCCCCC(=O)O)C(=O)O)CC(C)(C)C. The minimum atomic E-state index is -0.736. The lowest BCUT2D eigenvalue weighted by molar-refractivity contribution is -0.142. The van der Waals surface area contributed by atoms with Gasteiger partial charge in [-0.15, -0.1) is 0 Å². The summed E-state index contributed by atoms with van der Waals surface area (Å²) in [5.74, 6) is -1.07. The third-order valence-electron chi connectivity index (χ3n) is 4.26. The van der Waals surface area contributed by atoms with Crippen molar-refractivity contribution < 1.29 is 19.8 Å². The van der Waals surface area contributed by atoms with E-state index in [4.69, 9.17) is 5.11 Å². The van der Waals surface area contributed by atoms with Gasteiger partial charge in [0.25, 0.3) is 0 Å². The summed E-state index contributed by atoms with van der Waals surface area (Å²) in [5.41, 5.74) is 0.300. The van der Waals surface area contributed by atoms with E-state index in [0.717, 1.165) is 57.8 Å². The van der Waals surface area contributed by atoms with Gasteiger partial charge in [-0.3, -0.25) is 9.59 Å². The summed E-state index contributed by atoms with van der Waals surface area (Å²) in [6.45, 7) is 8.89. The molecule has 2 unspecified atom stereocenters. The Morgan fingerprint density at radius 3 is 1.96 bits per heavy atom. The largest absolute Gasteiger partial charge is 0.481 e. The van der Waals surface area contributed by atoms with Crippen LogP contribution >= 0.6 is 0 Å². The first kappa shape index (κ1) is 21.9. The summed E-state index contributed by atoms with van der Waals surface area (Å²) in [4.78, 5) is 21.8. The normalized spacial score (nSPS) is 14.4. The molecule has 23 heavy (non-hydrogen) atoms. The maximum Gasteiger partial charge on any atom is 0.306 e. The lowest BCUT2D eigenvalue weighted by Crippen LogP contribution is -2.17. The van der Waals surface area contributed by atoms with Crippen LogP contribution in [0.4, 0.5) is 0 Å². The van der Waals surface area contributed by atoms with Gasteiger partial charge in [0.05, 0.1) is 5.92 Å². The van der Waals surface area contributed by atoms with E-state index in [1.807, 2.05) is 0 Å². The Morgan fingerprint density at radius 1 is 0.870 bits per heavy atom. The zero-order valence-electron chi connectivity index (χ0n) is 15.4. The van der Waals surface area contributed by atoms with Crippen molar-refractivity contribution in [2.45, 2.75) is 91.9 Å². The number of unbranched alkanes of at least 4 members (excludes halogenated alkanes) is 4. The van der Waals surface area contributed by atoms with Gasteiger partial charge in [-0.25, -0.2) is 0 Å². The summed E-state index contributed by atoms with van der Waals surface area (Å²) >= 11 is 0. The highest BCUT2D eigenvalue weighted by atomic mass is 16.4. The highest BCUT2D eigenvalue weighted by Crippen LogP contribution is 2.28. The molecule has 0 aromatic rings. The molecule has 4 heteroatoms. The van der Waals surface area contributed by atoms with Gasteiger partial charge in [0.2, 0.25) is 0 Å². The quantitative estimate of drug-likeness (QED) is 0.447. The zero-order chi connectivity index (χ0) is 17.9. The van der Waals surface area contributed by atoms with Crippen molar-refractivity contribution >= 4 is 11.9 Å². The molecule has 0 saturated carbocycles. The molecule has 4 nitrogen and oxygen atoms in total. The van der Waals surface area contributed by atoms with Gasteiger partial charge in [0.1, 0.15) is 0 Å². The molecule has 0 amide bonds. The van der Waals surface area contributed by atoms with Crippen LogP contribution in [-0.2, 0) is 9.59 Å². The van der Waals surface area contributed by atoms with Gasteiger partial charge in [-0.2, -0.15) is 0 Å². The van der Waals surface area contributed by atoms with Gasteiger partial charge in [-0.05, 0) is 43.4 Å². The van der Waals surface area contributed by atoms with Gasteiger partial charge >= 0.3 is 11.9 Å². The number of hydrogen-bond acceptors (Lipinski definition) is 2. The van der Waals surface area contributed by atoms with Crippen LogP contribution in [0.2, 0.25) is 0 Å². The number of rotatable bonds is 13. The minimum absolute atomic E-state index is 0.226. The van der Waals surface area contributed by atoms with Crippen molar-refractivity contribution in [1.82, 2.24) is 0 Å². The minimum Gasteiger partial charge on any atom is -0.481 e. The summed E-state index contributed by atoms with van der Waals surface area (Å²) in [7, 11) is 0. The van der Waals surface area contributed by atoms with Crippen molar-refractivity contribution in [3.05, 3.63) is 0 Å². The Hall–Kier alpha value is -1.06. The average molecular weight is 328 g/mol. The molecule has 0 bridgehead atoms. The smallest absolute Gasteiger partial charge is 0.306 e. The van der Waals surface area contributed by atoms with Crippen LogP contribution in [0, 0.1) is 17.3 Å². The number of carbonyl (C=O) groups is 2. The molecule has 0 aliphatic heterocycles. The highest BCUT2D eigenvalue weighted by molar-refractivity contribution is 5.69. The van der Waals surface area contributed by atoms with E-state index >= 15 is 0 Å². The van der Waals surface area contributed by atoms with E-state index in [2.05, 4.69) is 27.7 Å². The van der Waals surface area contributed by atoms with Crippen molar-refractivity contribution in [3.8, 4) is 0 Å². The standard InChI is InChI=1S/C19H36O4/c1-15(14-19(2,3)4)12-13-16(18(22)23)10-8-6-5-7-9-11-17(20)21/h15-16H,5-14H2,1-4H3,(H,20,21)(H,22,23). The maximum atomic E-state index is 11.4. The molecular weight excluding hydrogens is 292 g/mol. The van der Waals surface area contributed by atoms with Crippen LogP contribution in [-0.4, -0.2) is 22.2 Å². The van der Waals surface area contributed by atoms with Gasteiger partial charge < -0.3 is 10.2 Å². The third-order valence-corrected chi connectivity index (χ3v) is 4.26. The van der Waals surface area contributed by atoms with Gasteiger partial charge in [-0.1, -0.05) is 53.4 Å². The fourth-order valence-electron chi connectivity index (χ4n) is 3.22. The van der Waals surface area contributed by atoms with Crippen LogP contribution < -0.4 is 0 Å². The molecular formula is C19H36O4. The van der Waals surface area contributed by atoms with Crippen LogP contribution in [0.15, 0.2) is 0 Å². The monoisotopic (exact) mass is 328 g/mol. The molecule has 0 aromatic heterocycles. The first-order chi connectivity index (χ1) is 10.6. The summed E-state index contributed by atoms with van der Waals surface area (Å²) in [6.07, 6.45) is 8.44. The highest BCUT2D eigenvalue weighted by Gasteiger charge is 2.20. The fraction of sp³-hybridized carbons (Fsp3) is 0.895. The van der Waals surface area contributed by atoms with Crippen LogP contribution in [0.5, 0.6) is 0 Å². The average Bonchev–Trinajstić information content (AvgIpc) is 2.38. The molecule has 0 aromatic carbocycles. The lowest BCUT2D eigenvalue weighted by atomic mass is 9.82. The number of hydrogen-bond donors (Lipinski definition) is 2. The molecule has 0 aliphatic rings. The summed E-state index contributed by atoms with van der Waals surface area (Å²) in [5, 5.41) is 17.9. The molecule has 0 aliphatic carbocycles. The van der Waals surface area contributed by atoms with E-state index in [0.29, 0.717) is 11.3 Å². The van der Waals surface area contributed by atoms with Crippen LogP contribution in [0.25, 0.3) is 0 Å². The third kappa shape index (κ3) is 14.3. The molecule has 0 spiro atoms. The molecule has 0 saturated heterocycles. The van der Waals surface area contributed by atoms with E-state index in [9.17, 15) is 14.7 Å². The Bertz CT molecular complexity index is 344. The molecule has 0 fully saturated rings. The molecule has 0 heterocycles. The fourth-order valence-corrected chi connectivity index (χ4v) is 3.22. The zero-order valence-corrected chi connectivity index (χ0v) is 15.4. The van der Waals surface area contributed by atoms with Gasteiger partial charge in [0.15, 0.2) is 0 Å². The molecule has 2 atom stereocenters. The first-order valence-corrected chi connectivity index (χ1v) is 9.06. The Morgan fingerprint density at radius 2 is 1.43 bits per heavy atom. The first-order valence-electron chi connectivity index (χ1n) is 9.06. The molecule has 2 N–H and O–H groups in total. The van der Waals surface area contributed by atoms with Crippen LogP contribution in [0.1, 0.15) is 91.9 Å². The summed E-state index contributed by atoms with van der Waals surface area (Å²) in [6, 6.07) is 0. The van der Waals surface area contributed by atoms with Crippen molar-refractivity contribution in [2.75, 3.05) is 0 Å². The number of carboxylic acids is 2. The number of carboxylic acid groups (broad SMARTS) is 2. The second-order valence-electron chi connectivity index (χ2n) is 8.18. The maximum absolute atomic E-state index is 11.4. The second-order valence-corrected chi connectivity index (χ2v) is 8.18. The Labute approximate surface area is 141 Å². The van der Waals surface area contributed by atoms with Gasteiger partial charge in [0, 0.05) is 6.42 Å². The van der Waals surface area contributed by atoms with Crippen molar-refractivity contribution in [2.24, 2.45) is 17.3 Å². The van der Waals surface area contributed by atoms with E-state index in [1.165, 1.54) is 0 Å². The predicted octanol–water partition coefficient (Wildman–Crippen LogP) is 5.36. The van der Waals surface area contributed by atoms with E-state index in [-0.39, 0.29) is 12.3 Å². The lowest BCUT2D eigenvalue weighted by Gasteiger charge is -2.24. The summed E-state index contributed by atoms with van der Waals surface area (Å²) < 4.78 is 0. The predicted molar refractivity (Wildman–Crippen MR) is 93.6 cm³/mol. The van der Waals surface area contributed by atoms with Crippen LogP contribution in [0.3, 0.4) is 0 Å². The van der Waals surface area contributed by atoms with Crippen molar-refractivity contribution in [1.29, 1.82) is 0 Å². The Balaban J connectivity index is 3.86. The topological polar surface area (TPSA) is 74.6 Å². The Kier molecular flexibility index (Phi) is 10.9. The van der Waals surface area contributed by atoms with Crippen molar-refractivity contribution in [3.63, 3.8) is 0 Å². The second kappa shape index (κ2) is 11.5. The van der Waals surface area contributed by atoms with E-state index in [1.54, 1.807) is 0 Å². The molecule has 0 radical (unpaired) electrons. The molecule has 0 rings (SSSR count). The van der Waals surface area contributed by atoms with E-state index < -0.39 is 11.9 Å².